The number of hydrogen-bond acceptors (Lipinski definition) is 8. The Morgan fingerprint density at radius 1 is 0.923 bits per heavy atom. The van der Waals surface area contributed by atoms with Gasteiger partial charge in [-0.2, -0.15) is 9.50 Å². The van der Waals surface area contributed by atoms with Crippen LogP contribution in [0.1, 0.15) is 0 Å². The summed E-state index contributed by atoms with van der Waals surface area (Å²) in [6.45, 7) is 0. The third-order valence-electron chi connectivity index (χ3n) is 3.38. The highest BCUT2D eigenvalue weighted by Crippen LogP contribution is 2.42. The van der Waals surface area contributed by atoms with Gasteiger partial charge in [-0.3, -0.25) is 10.1 Å². The molecule has 138 valence electrons. The van der Waals surface area contributed by atoms with Gasteiger partial charge in [-0.15, -0.1) is 5.11 Å². The van der Waals surface area contributed by atoms with Gasteiger partial charge in [0, 0.05) is 12.1 Å². The number of rotatable bonds is 7. The van der Waals surface area contributed by atoms with Crippen molar-refractivity contribution < 1.29 is 28.3 Å². The number of nitro benzene ring substituents is 1. The Morgan fingerprint density at radius 3 is 1.96 bits per heavy atom. The highest BCUT2D eigenvalue weighted by Gasteiger charge is 2.24. The van der Waals surface area contributed by atoms with E-state index >= 15 is 0 Å². The van der Waals surface area contributed by atoms with E-state index in [9.17, 15) is 14.5 Å². The van der Waals surface area contributed by atoms with Gasteiger partial charge in [-0.25, -0.2) is 0 Å². The van der Waals surface area contributed by atoms with E-state index in [-0.39, 0.29) is 17.1 Å². The number of nitrogens with zero attached hydrogens (tertiary/aromatic N) is 3. The lowest BCUT2D eigenvalue weighted by Gasteiger charge is -2.12. The van der Waals surface area contributed by atoms with E-state index in [2.05, 4.69) is 10.2 Å². The standard InChI is InChI=1S/C16H16FN3O6/c1-23-11-6-5-10(14(17)15(11)20(21)22)19-18-9-7-12(24-2)16(26-4)13(8-9)25-3/h5-8H,1-4H3/b19-18+. The van der Waals surface area contributed by atoms with Crippen molar-refractivity contribution in [2.75, 3.05) is 28.4 Å². The van der Waals surface area contributed by atoms with Crippen molar-refractivity contribution in [2.24, 2.45) is 10.2 Å². The molecule has 2 aromatic rings. The predicted octanol–water partition coefficient (Wildman–Crippen LogP) is 4.18. The number of nitro groups is 1. The van der Waals surface area contributed by atoms with Gasteiger partial charge in [0.25, 0.3) is 0 Å². The SMILES string of the molecule is COc1cc(/N=N/c2ccc(OC)c([N+](=O)[O-])c2F)cc(OC)c1OC. The average Bonchev–Trinajstić information content (AvgIpc) is 2.65. The smallest absolute Gasteiger partial charge is 0.348 e. The molecule has 0 amide bonds. The molecule has 0 spiro atoms. The maximum Gasteiger partial charge on any atom is 0.348 e. The Kier molecular flexibility index (Phi) is 5.89. The molecule has 9 nitrogen and oxygen atoms in total. The summed E-state index contributed by atoms with van der Waals surface area (Å²) in [6, 6.07) is 5.47. The lowest BCUT2D eigenvalue weighted by Crippen LogP contribution is -1.97. The molecule has 0 N–H and O–H groups in total. The summed E-state index contributed by atoms with van der Waals surface area (Å²) in [6.07, 6.45) is 0. The first-order valence-electron chi connectivity index (χ1n) is 7.19. The largest absolute Gasteiger partial charge is 0.493 e. The molecule has 0 radical (unpaired) electrons. The fourth-order valence-corrected chi connectivity index (χ4v) is 2.18. The van der Waals surface area contributed by atoms with E-state index in [0.717, 1.165) is 0 Å². The molecule has 0 saturated heterocycles. The second-order valence-electron chi connectivity index (χ2n) is 4.79. The monoisotopic (exact) mass is 365 g/mol. The minimum atomic E-state index is -1.15. The summed E-state index contributed by atoms with van der Waals surface area (Å²) in [5, 5.41) is 18.7. The van der Waals surface area contributed by atoms with Crippen LogP contribution in [0.25, 0.3) is 0 Å². The van der Waals surface area contributed by atoms with Crippen LogP contribution >= 0.6 is 0 Å². The predicted molar refractivity (Wildman–Crippen MR) is 89.9 cm³/mol. The fraction of sp³-hybridized carbons (Fsp3) is 0.250. The highest BCUT2D eigenvalue weighted by molar-refractivity contribution is 5.61. The maximum absolute atomic E-state index is 14.3. The van der Waals surface area contributed by atoms with Crippen LogP contribution in [-0.4, -0.2) is 33.4 Å². The molecular formula is C16H16FN3O6. The van der Waals surface area contributed by atoms with Crippen LogP contribution in [0.15, 0.2) is 34.5 Å². The van der Waals surface area contributed by atoms with Crippen molar-refractivity contribution in [2.45, 2.75) is 0 Å². The fourth-order valence-electron chi connectivity index (χ4n) is 2.18. The van der Waals surface area contributed by atoms with E-state index in [1.807, 2.05) is 0 Å². The first-order valence-corrected chi connectivity index (χ1v) is 7.19. The molecule has 0 aliphatic carbocycles. The van der Waals surface area contributed by atoms with Crippen LogP contribution in [0.2, 0.25) is 0 Å². The van der Waals surface area contributed by atoms with E-state index in [1.165, 1.54) is 52.7 Å². The van der Waals surface area contributed by atoms with Crippen LogP contribution in [0.5, 0.6) is 23.0 Å². The molecule has 10 heteroatoms. The van der Waals surface area contributed by atoms with Crippen LogP contribution < -0.4 is 18.9 Å². The number of ether oxygens (including phenoxy) is 4. The highest BCUT2D eigenvalue weighted by atomic mass is 19.1. The average molecular weight is 365 g/mol. The molecule has 0 fully saturated rings. The molecule has 0 atom stereocenters. The van der Waals surface area contributed by atoms with Gasteiger partial charge in [-0.1, -0.05) is 0 Å². The van der Waals surface area contributed by atoms with Gasteiger partial charge in [-0.05, 0) is 12.1 Å². The summed E-state index contributed by atoms with van der Waals surface area (Å²) < 4.78 is 34.7. The molecule has 0 aromatic heterocycles. The van der Waals surface area contributed by atoms with Crippen LogP contribution in [0.4, 0.5) is 21.5 Å². The van der Waals surface area contributed by atoms with Crippen molar-refractivity contribution in [1.82, 2.24) is 0 Å². The number of benzene rings is 2. The van der Waals surface area contributed by atoms with Crippen molar-refractivity contribution >= 4 is 17.1 Å². The zero-order chi connectivity index (χ0) is 19.3. The number of hydrogen-bond donors (Lipinski definition) is 0. The Hall–Kier alpha value is -3.43. The van der Waals surface area contributed by atoms with Crippen molar-refractivity contribution in [3.05, 3.63) is 40.2 Å². The second kappa shape index (κ2) is 8.10. The third kappa shape index (κ3) is 3.63. The summed E-state index contributed by atoms with van der Waals surface area (Å²) in [7, 11) is 5.53. The summed E-state index contributed by atoms with van der Waals surface area (Å²) in [4.78, 5) is 10.1. The summed E-state index contributed by atoms with van der Waals surface area (Å²) in [5.41, 5.74) is -0.850. The Balaban J connectivity index is 2.48. The molecule has 0 bridgehead atoms. The van der Waals surface area contributed by atoms with E-state index in [1.54, 1.807) is 0 Å². The Morgan fingerprint density at radius 2 is 1.50 bits per heavy atom. The van der Waals surface area contributed by atoms with Crippen LogP contribution in [-0.2, 0) is 0 Å². The third-order valence-corrected chi connectivity index (χ3v) is 3.38. The molecular weight excluding hydrogens is 349 g/mol. The summed E-state index contributed by atoms with van der Waals surface area (Å²) >= 11 is 0. The van der Waals surface area contributed by atoms with Gasteiger partial charge in [0.2, 0.25) is 11.6 Å². The van der Waals surface area contributed by atoms with Crippen LogP contribution in [0.3, 0.4) is 0 Å². The molecule has 0 saturated carbocycles. The number of halogens is 1. The van der Waals surface area contributed by atoms with E-state index < -0.39 is 16.4 Å². The molecule has 0 aliphatic heterocycles. The van der Waals surface area contributed by atoms with E-state index in [4.69, 9.17) is 18.9 Å². The first-order chi connectivity index (χ1) is 12.5. The second-order valence-corrected chi connectivity index (χ2v) is 4.79. The molecule has 2 rings (SSSR count). The normalized spacial score (nSPS) is 10.7. The van der Waals surface area contributed by atoms with Gasteiger partial charge in [0.15, 0.2) is 17.2 Å². The Labute approximate surface area is 148 Å². The van der Waals surface area contributed by atoms with Crippen LogP contribution in [0, 0.1) is 15.9 Å². The quantitative estimate of drug-likeness (QED) is 0.414. The van der Waals surface area contributed by atoms with Gasteiger partial charge >= 0.3 is 5.69 Å². The molecule has 2 aromatic carbocycles. The van der Waals surface area contributed by atoms with Gasteiger partial charge in [0.05, 0.1) is 39.0 Å². The molecule has 0 unspecified atom stereocenters. The van der Waals surface area contributed by atoms with Crippen molar-refractivity contribution in [3.8, 4) is 23.0 Å². The number of methoxy groups -OCH3 is 4. The summed E-state index contributed by atoms with van der Waals surface area (Å²) in [5.74, 6) is -0.325. The minimum Gasteiger partial charge on any atom is -0.493 e. The van der Waals surface area contributed by atoms with Gasteiger partial charge in [0.1, 0.15) is 5.69 Å². The zero-order valence-corrected chi connectivity index (χ0v) is 14.5. The minimum absolute atomic E-state index is 0.209. The van der Waals surface area contributed by atoms with E-state index in [0.29, 0.717) is 17.2 Å². The van der Waals surface area contributed by atoms with Crippen molar-refractivity contribution in [1.29, 1.82) is 0 Å². The molecule has 0 aliphatic rings. The zero-order valence-electron chi connectivity index (χ0n) is 14.5. The topological polar surface area (TPSA) is 105 Å². The lowest BCUT2D eigenvalue weighted by atomic mass is 10.2. The Bertz CT molecular complexity index is 831. The number of azo groups is 1. The maximum atomic E-state index is 14.3. The van der Waals surface area contributed by atoms with Crippen molar-refractivity contribution in [3.63, 3.8) is 0 Å². The van der Waals surface area contributed by atoms with Gasteiger partial charge < -0.3 is 18.9 Å². The lowest BCUT2D eigenvalue weighted by molar-refractivity contribution is -0.388. The first kappa shape index (κ1) is 18.9. The molecule has 0 heterocycles. The molecule has 26 heavy (non-hydrogen) atoms.